The second kappa shape index (κ2) is 5.63. The average molecular weight is 267 g/mol. The maximum Gasteiger partial charge on any atom is 0.0456 e. The van der Waals surface area contributed by atoms with Gasteiger partial charge in [0.05, 0.1) is 0 Å². The summed E-state index contributed by atoms with van der Waals surface area (Å²) in [5.74, 6) is 1.01. The van der Waals surface area contributed by atoms with Gasteiger partial charge in [-0.05, 0) is 54.2 Å². The van der Waals surface area contributed by atoms with Crippen LogP contribution in [-0.2, 0) is 5.41 Å². The quantitative estimate of drug-likeness (QED) is 0.837. The van der Waals surface area contributed by atoms with Crippen LogP contribution in [-0.4, -0.2) is 11.7 Å². The van der Waals surface area contributed by atoms with E-state index in [1.54, 1.807) is 0 Å². The lowest BCUT2D eigenvalue weighted by molar-refractivity contribution is 0.119. The van der Waals surface area contributed by atoms with Gasteiger partial charge in [-0.1, -0.05) is 44.0 Å². The van der Waals surface area contributed by atoms with Gasteiger partial charge in [-0.2, -0.15) is 0 Å². The topological polar surface area (TPSA) is 20.2 Å². The fourth-order valence-corrected chi connectivity index (χ4v) is 3.44. The van der Waals surface area contributed by atoms with E-state index in [0.717, 1.165) is 11.4 Å². The summed E-state index contributed by atoms with van der Waals surface area (Å²) in [5.41, 5.74) is 1.75. The molecule has 1 saturated carbocycles. The van der Waals surface area contributed by atoms with Crippen LogP contribution in [0.1, 0.15) is 45.1 Å². The first kappa shape index (κ1) is 13.9. The lowest BCUT2D eigenvalue weighted by Gasteiger charge is -2.48. The van der Waals surface area contributed by atoms with Crippen LogP contribution in [0.15, 0.2) is 24.3 Å². The highest BCUT2D eigenvalue weighted by atomic mass is 35.5. The van der Waals surface area contributed by atoms with Gasteiger partial charge in [0.1, 0.15) is 0 Å². The van der Waals surface area contributed by atoms with Crippen molar-refractivity contribution in [2.24, 2.45) is 11.8 Å². The second-order valence-corrected chi connectivity index (χ2v) is 6.38. The van der Waals surface area contributed by atoms with Gasteiger partial charge in [0, 0.05) is 11.6 Å². The van der Waals surface area contributed by atoms with E-state index in [1.165, 1.54) is 24.8 Å². The number of hydrogen-bond donors (Lipinski definition) is 1. The van der Waals surface area contributed by atoms with Crippen molar-refractivity contribution in [3.63, 3.8) is 0 Å². The van der Waals surface area contributed by atoms with Crippen LogP contribution in [0.4, 0.5) is 0 Å². The minimum Gasteiger partial charge on any atom is -0.396 e. The van der Waals surface area contributed by atoms with Gasteiger partial charge in [0.15, 0.2) is 0 Å². The van der Waals surface area contributed by atoms with Gasteiger partial charge >= 0.3 is 0 Å². The lowest BCUT2D eigenvalue weighted by atomic mass is 9.56. The first-order valence-electron chi connectivity index (χ1n) is 6.95. The Morgan fingerprint density at radius 2 is 1.83 bits per heavy atom. The van der Waals surface area contributed by atoms with Crippen molar-refractivity contribution < 1.29 is 5.11 Å². The van der Waals surface area contributed by atoms with E-state index in [4.69, 9.17) is 11.6 Å². The van der Waals surface area contributed by atoms with Gasteiger partial charge in [0.2, 0.25) is 0 Å². The molecule has 2 heteroatoms. The summed E-state index contributed by atoms with van der Waals surface area (Å²) in [5, 5.41) is 10.0. The van der Waals surface area contributed by atoms with Gasteiger partial charge in [-0.3, -0.25) is 0 Å². The Balaban J connectivity index is 2.17. The SMILES string of the molecule is CC(CO)CC(C)C1(c2ccc(Cl)cc2)CCC1. The minimum atomic E-state index is 0.293. The van der Waals surface area contributed by atoms with Crippen LogP contribution in [0.25, 0.3) is 0 Å². The summed E-state index contributed by atoms with van der Waals surface area (Å²) in [6.07, 6.45) is 4.96. The first-order chi connectivity index (χ1) is 8.58. The number of aliphatic hydroxyl groups excluding tert-OH is 1. The molecule has 1 fully saturated rings. The van der Waals surface area contributed by atoms with E-state index in [0.29, 0.717) is 23.9 Å². The predicted octanol–water partition coefficient (Wildman–Crippen LogP) is 4.42. The molecule has 1 nitrogen and oxygen atoms in total. The number of aliphatic hydroxyl groups is 1. The maximum absolute atomic E-state index is 9.23. The van der Waals surface area contributed by atoms with Gasteiger partial charge in [-0.25, -0.2) is 0 Å². The van der Waals surface area contributed by atoms with Crippen LogP contribution in [0.3, 0.4) is 0 Å². The van der Waals surface area contributed by atoms with Crippen LogP contribution < -0.4 is 0 Å². The Kier molecular flexibility index (Phi) is 4.34. The largest absolute Gasteiger partial charge is 0.396 e. The molecule has 2 atom stereocenters. The highest BCUT2D eigenvalue weighted by Crippen LogP contribution is 2.51. The van der Waals surface area contributed by atoms with Gasteiger partial charge < -0.3 is 5.11 Å². The Hall–Kier alpha value is -0.530. The van der Waals surface area contributed by atoms with E-state index in [2.05, 4.69) is 26.0 Å². The van der Waals surface area contributed by atoms with E-state index in [9.17, 15) is 5.11 Å². The molecular formula is C16H23ClO. The summed E-state index contributed by atoms with van der Waals surface area (Å²) >= 11 is 5.98. The molecule has 0 aromatic heterocycles. The summed E-state index contributed by atoms with van der Waals surface area (Å²) in [6.45, 7) is 4.76. The van der Waals surface area contributed by atoms with E-state index in [-0.39, 0.29) is 0 Å². The minimum absolute atomic E-state index is 0.293. The summed E-state index contributed by atoms with van der Waals surface area (Å²) < 4.78 is 0. The molecule has 1 aliphatic rings. The lowest BCUT2D eigenvalue weighted by Crippen LogP contribution is -2.41. The Labute approximate surface area is 115 Å². The molecule has 2 unspecified atom stereocenters. The van der Waals surface area contributed by atoms with Crippen molar-refractivity contribution in [1.82, 2.24) is 0 Å². The molecular weight excluding hydrogens is 244 g/mol. The molecule has 0 aliphatic heterocycles. The fourth-order valence-electron chi connectivity index (χ4n) is 3.31. The van der Waals surface area contributed by atoms with Crippen LogP contribution >= 0.6 is 11.6 Å². The predicted molar refractivity (Wildman–Crippen MR) is 77.0 cm³/mol. The zero-order valence-corrected chi connectivity index (χ0v) is 12.1. The number of hydrogen-bond acceptors (Lipinski definition) is 1. The van der Waals surface area contributed by atoms with Crippen molar-refractivity contribution in [2.75, 3.05) is 6.61 Å². The van der Waals surface area contributed by atoms with Crippen molar-refractivity contribution in [3.05, 3.63) is 34.9 Å². The summed E-state index contributed by atoms with van der Waals surface area (Å²) in [7, 11) is 0. The molecule has 0 bridgehead atoms. The molecule has 18 heavy (non-hydrogen) atoms. The van der Waals surface area contributed by atoms with Crippen molar-refractivity contribution in [3.8, 4) is 0 Å². The summed E-state index contributed by atoms with van der Waals surface area (Å²) in [4.78, 5) is 0. The highest BCUT2D eigenvalue weighted by molar-refractivity contribution is 6.30. The van der Waals surface area contributed by atoms with Crippen LogP contribution in [0.2, 0.25) is 5.02 Å². The Morgan fingerprint density at radius 3 is 2.28 bits per heavy atom. The molecule has 0 saturated heterocycles. The highest BCUT2D eigenvalue weighted by Gasteiger charge is 2.43. The zero-order valence-electron chi connectivity index (χ0n) is 11.3. The molecule has 1 aromatic carbocycles. The molecule has 2 rings (SSSR count). The van der Waals surface area contributed by atoms with E-state index >= 15 is 0 Å². The van der Waals surface area contributed by atoms with Gasteiger partial charge in [-0.15, -0.1) is 0 Å². The van der Waals surface area contributed by atoms with Crippen molar-refractivity contribution in [2.45, 2.75) is 44.9 Å². The van der Waals surface area contributed by atoms with Crippen LogP contribution in [0, 0.1) is 11.8 Å². The third kappa shape index (κ3) is 2.57. The third-order valence-electron chi connectivity index (χ3n) is 4.68. The molecule has 0 amide bonds. The monoisotopic (exact) mass is 266 g/mol. The van der Waals surface area contributed by atoms with Crippen molar-refractivity contribution >= 4 is 11.6 Å². The average Bonchev–Trinajstić information content (AvgIpc) is 2.30. The molecule has 0 spiro atoms. The first-order valence-corrected chi connectivity index (χ1v) is 7.33. The van der Waals surface area contributed by atoms with Gasteiger partial charge in [0.25, 0.3) is 0 Å². The summed E-state index contributed by atoms with van der Waals surface area (Å²) in [6, 6.07) is 8.36. The number of benzene rings is 1. The normalized spacial score (nSPS) is 21.1. The molecule has 0 radical (unpaired) electrons. The Bertz CT molecular complexity index is 381. The molecule has 1 aliphatic carbocycles. The smallest absolute Gasteiger partial charge is 0.0456 e. The number of rotatable bonds is 5. The number of halogens is 1. The molecule has 1 N–H and O–H groups in total. The van der Waals surface area contributed by atoms with E-state index < -0.39 is 0 Å². The molecule has 100 valence electrons. The zero-order chi connectivity index (χ0) is 13.2. The Morgan fingerprint density at radius 1 is 1.22 bits per heavy atom. The maximum atomic E-state index is 9.23. The van der Waals surface area contributed by atoms with Crippen LogP contribution in [0.5, 0.6) is 0 Å². The molecule has 0 heterocycles. The standard InChI is InChI=1S/C16H23ClO/c1-12(11-18)10-13(2)16(8-3-9-16)14-4-6-15(17)7-5-14/h4-7,12-13,18H,3,8-11H2,1-2H3. The van der Waals surface area contributed by atoms with E-state index in [1.807, 2.05) is 12.1 Å². The third-order valence-corrected chi connectivity index (χ3v) is 4.93. The fraction of sp³-hybridized carbons (Fsp3) is 0.625. The molecule has 1 aromatic rings. The van der Waals surface area contributed by atoms with Crippen molar-refractivity contribution in [1.29, 1.82) is 0 Å². The second-order valence-electron chi connectivity index (χ2n) is 5.94.